The fourth-order valence-corrected chi connectivity index (χ4v) is 5.71. The van der Waals surface area contributed by atoms with Crippen molar-refractivity contribution in [1.82, 2.24) is 9.13 Å². The molecule has 0 N–H and O–H groups in total. The van der Waals surface area contributed by atoms with Crippen molar-refractivity contribution in [1.29, 1.82) is 0 Å². The minimum absolute atomic E-state index is 0.0836. The van der Waals surface area contributed by atoms with Gasteiger partial charge in [0.05, 0.1) is 5.52 Å². The maximum atomic E-state index is 13.3. The smallest absolute Gasteiger partial charge is 0.311 e. The van der Waals surface area contributed by atoms with Crippen LogP contribution in [0.25, 0.3) is 10.2 Å². The van der Waals surface area contributed by atoms with Gasteiger partial charge >= 0.3 is 5.69 Å². The van der Waals surface area contributed by atoms with Gasteiger partial charge < -0.3 is 4.90 Å². The van der Waals surface area contributed by atoms with Gasteiger partial charge in [-0.1, -0.05) is 24.3 Å². The molecule has 1 aromatic carbocycles. The molecule has 0 atom stereocenters. The van der Waals surface area contributed by atoms with Crippen molar-refractivity contribution >= 4 is 44.5 Å². The minimum atomic E-state index is -0.425. The molecule has 0 fully saturated rings. The summed E-state index contributed by atoms with van der Waals surface area (Å²) in [6.45, 7) is 0.849. The average Bonchev–Trinajstić information content (AvgIpc) is 3.48. The third kappa shape index (κ3) is 3.66. The maximum Gasteiger partial charge on any atom is 0.332 e. The average molecular weight is 452 g/mol. The highest BCUT2D eigenvalue weighted by Gasteiger charge is 2.24. The fraction of sp³-hybridized carbons (Fsp3) is 0.261. The van der Waals surface area contributed by atoms with Gasteiger partial charge in [-0.15, -0.1) is 22.7 Å². The first kappa shape index (κ1) is 20.0. The highest BCUT2D eigenvalue weighted by molar-refractivity contribution is 7.17. The number of thiophene rings is 2. The number of aryl methyl sites for hydroxylation is 2. The van der Waals surface area contributed by atoms with E-state index >= 15 is 0 Å². The number of carbonyl (C=O) groups excluding carboxylic acids is 1. The topological polar surface area (TPSA) is 64.3 Å². The van der Waals surface area contributed by atoms with Gasteiger partial charge in [0.25, 0.3) is 5.56 Å². The Balaban J connectivity index is 1.51. The zero-order valence-electron chi connectivity index (χ0n) is 16.8. The first-order valence-electron chi connectivity index (χ1n) is 10.2. The van der Waals surface area contributed by atoms with Crippen LogP contribution in [0.2, 0.25) is 0 Å². The number of benzene rings is 1. The molecule has 4 aromatic rings. The number of carbonyl (C=O) groups is 1. The maximum absolute atomic E-state index is 13.3. The van der Waals surface area contributed by atoms with Crippen molar-refractivity contribution in [3.63, 3.8) is 0 Å². The predicted octanol–water partition coefficient (Wildman–Crippen LogP) is 3.51. The molecular formula is C23H21N3O3S2. The van der Waals surface area contributed by atoms with Crippen molar-refractivity contribution in [2.24, 2.45) is 0 Å². The standard InChI is InChI=1S/C23H21N3O3S2/c27-20(24-11-3-6-16-5-1-2-8-18(16)24)15-26-19-10-14-31-21(19)22(28)25(23(26)29)12-9-17-7-4-13-30-17/h1-2,4-5,7-8,10,13-14H,3,6,9,11-12,15H2. The Kier molecular flexibility index (Phi) is 5.33. The van der Waals surface area contributed by atoms with E-state index in [1.165, 1.54) is 20.5 Å². The molecule has 0 aliphatic carbocycles. The molecule has 0 saturated carbocycles. The number of nitrogens with zero attached hydrogens (tertiary/aromatic N) is 3. The monoisotopic (exact) mass is 451 g/mol. The normalized spacial score (nSPS) is 13.5. The van der Waals surface area contributed by atoms with E-state index in [0.717, 1.165) is 29.0 Å². The summed E-state index contributed by atoms with van der Waals surface area (Å²) in [7, 11) is 0. The molecule has 0 bridgehead atoms. The van der Waals surface area contributed by atoms with E-state index in [9.17, 15) is 14.4 Å². The number of aromatic nitrogens is 2. The van der Waals surface area contributed by atoms with E-state index in [1.807, 2.05) is 41.8 Å². The molecule has 4 heterocycles. The fourth-order valence-electron chi connectivity index (χ4n) is 4.17. The van der Waals surface area contributed by atoms with Crippen LogP contribution < -0.4 is 16.1 Å². The Labute approximate surface area is 186 Å². The number of rotatable bonds is 5. The zero-order chi connectivity index (χ0) is 21.4. The van der Waals surface area contributed by atoms with Gasteiger partial charge in [0.2, 0.25) is 5.91 Å². The lowest BCUT2D eigenvalue weighted by Gasteiger charge is -2.29. The molecule has 1 aliphatic rings. The van der Waals surface area contributed by atoms with E-state index in [4.69, 9.17) is 0 Å². The number of fused-ring (bicyclic) bond motifs is 2. The lowest BCUT2D eigenvalue weighted by molar-refractivity contribution is -0.119. The van der Waals surface area contributed by atoms with Crippen LogP contribution in [-0.2, 0) is 30.7 Å². The van der Waals surface area contributed by atoms with Gasteiger partial charge in [-0.25, -0.2) is 4.79 Å². The summed E-state index contributed by atoms with van der Waals surface area (Å²) in [5.74, 6) is -0.134. The molecule has 1 amide bonds. The largest absolute Gasteiger partial charge is 0.332 e. The molecule has 0 radical (unpaired) electrons. The van der Waals surface area contributed by atoms with Gasteiger partial charge in [-0.3, -0.25) is 18.7 Å². The first-order valence-corrected chi connectivity index (χ1v) is 12.0. The van der Waals surface area contributed by atoms with Gasteiger partial charge in [0, 0.05) is 23.7 Å². The Hall–Kier alpha value is -2.97. The Bertz CT molecular complexity index is 1360. The van der Waals surface area contributed by atoms with Crippen LogP contribution in [0.5, 0.6) is 0 Å². The number of anilines is 1. The summed E-state index contributed by atoms with van der Waals surface area (Å²) >= 11 is 2.91. The van der Waals surface area contributed by atoms with Gasteiger partial charge in [0.15, 0.2) is 0 Å². The molecule has 6 nitrogen and oxygen atoms in total. The van der Waals surface area contributed by atoms with Crippen LogP contribution in [0.3, 0.4) is 0 Å². The molecule has 8 heteroatoms. The van der Waals surface area contributed by atoms with E-state index in [1.54, 1.807) is 27.7 Å². The lowest BCUT2D eigenvalue weighted by Crippen LogP contribution is -2.44. The second-order valence-electron chi connectivity index (χ2n) is 7.57. The van der Waals surface area contributed by atoms with E-state index in [-0.39, 0.29) is 18.0 Å². The third-order valence-corrected chi connectivity index (χ3v) is 7.53. The molecule has 1 aliphatic heterocycles. The van der Waals surface area contributed by atoms with Crippen LogP contribution in [0.4, 0.5) is 5.69 Å². The first-order chi connectivity index (χ1) is 15.1. The van der Waals surface area contributed by atoms with Gasteiger partial charge in [-0.05, 0) is 53.8 Å². The van der Waals surface area contributed by atoms with Gasteiger partial charge in [-0.2, -0.15) is 0 Å². The SMILES string of the molecule is O=C(Cn1c(=O)n(CCc2cccs2)c(=O)c2sccc21)N1CCCc2ccccc21. The second kappa shape index (κ2) is 8.28. The molecule has 0 saturated heterocycles. The highest BCUT2D eigenvalue weighted by atomic mass is 32.1. The zero-order valence-corrected chi connectivity index (χ0v) is 18.5. The molecule has 0 unspecified atom stereocenters. The predicted molar refractivity (Wildman–Crippen MR) is 125 cm³/mol. The van der Waals surface area contributed by atoms with Crippen molar-refractivity contribution < 1.29 is 4.79 Å². The summed E-state index contributed by atoms with van der Waals surface area (Å²) < 4.78 is 3.25. The quantitative estimate of drug-likeness (QED) is 0.467. The van der Waals surface area contributed by atoms with E-state index < -0.39 is 5.69 Å². The summed E-state index contributed by atoms with van der Waals surface area (Å²) in [4.78, 5) is 42.4. The Morgan fingerprint density at radius 1 is 0.968 bits per heavy atom. The van der Waals surface area contributed by atoms with E-state index in [0.29, 0.717) is 29.7 Å². The highest BCUT2D eigenvalue weighted by Crippen LogP contribution is 2.27. The second-order valence-corrected chi connectivity index (χ2v) is 9.52. The van der Waals surface area contributed by atoms with Crippen LogP contribution in [0.15, 0.2) is 62.8 Å². The minimum Gasteiger partial charge on any atom is -0.311 e. The number of hydrogen-bond acceptors (Lipinski definition) is 5. The number of para-hydroxylation sites is 1. The molecule has 31 heavy (non-hydrogen) atoms. The van der Waals surface area contributed by atoms with Crippen molar-refractivity contribution in [3.05, 3.63) is 84.5 Å². The summed E-state index contributed by atoms with van der Waals surface area (Å²) in [6.07, 6.45) is 2.45. The van der Waals surface area contributed by atoms with Crippen molar-refractivity contribution in [2.45, 2.75) is 32.4 Å². The van der Waals surface area contributed by atoms with Crippen LogP contribution in [-0.4, -0.2) is 21.6 Å². The van der Waals surface area contributed by atoms with E-state index in [2.05, 4.69) is 0 Å². The molecule has 3 aromatic heterocycles. The molecule has 158 valence electrons. The molecular weight excluding hydrogens is 430 g/mol. The third-order valence-electron chi connectivity index (χ3n) is 5.70. The summed E-state index contributed by atoms with van der Waals surface area (Å²) in [5, 5.41) is 3.78. The van der Waals surface area contributed by atoms with Gasteiger partial charge in [0.1, 0.15) is 11.2 Å². The summed E-state index contributed by atoms with van der Waals surface area (Å²) in [5.41, 5.74) is 1.89. The molecule has 5 rings (SSSR count). The Morgan fingerprint density at radius 3 is 2.68 bits per heavy atom. The van der Waals surface area contributed by atoms with Crippen LogP contribution in [0.1, 0.15) is 16.9 Å². The van der Waals surface area contributed by atoms with Crippen LogP contribution >= 0.6 is 22.7 Å². The Morgan fingerprint density at radius 2 is 1.84 bits per heavy atom. The number of amides is 1. The lowest BCUT2D eigenvalue weighted by atomic mass is 10.0. The molecule has 0 spiro atoms. The van der Waals surface area contributed by atoms with Crippen molar-refractivity contribution in [3.8, 4) is 0 Å². The number of hydrogen-bond donors (Lipinski definition) is 0. The summed E-state index contributed by atoms with van der Waals surface area (Å²) in [6, 6.07) is 13.6. The van der Waals surface area contributed by atoms with Crippen LogP contribution in [0, 0.1) is 0 Å². The van der Waals surface area contributed by atoms with Crippen molar-refractivity contribution in [2.75, 3.05) is 11.4 Å².